The van der Waals surface area contributed by atoms with Crippen molar-refractivity contribution in [3.63, 3.8) is 0 Å². The molecule has 0 aliphatic heterocycles. The third kappa shape index (κ3) is 4.89. The molecule has 1 saturated carbocycles. The van der Waals surface area contributed by atoms with Crippen molar-refractivity contribution in [2.75, 3.05) is 6.61 Å². The first-order chi connectivity index (χ1) is 11.8. The molecule has 25 heavy (non-hydrogen) atoms. The minimum atomic E-state index is -0.913. The van der Waals surface area contributed by atoms with Crippen LogP contribution in [0.1, 0.15) is 50.7 Å². The van der Waals surface area contributed by atoms with Crippen LogP contribution < -0.4 is 5.32 Å². The molecule has 2 rings (SSSR count). The van der Waals surface area contributed by atoms with E-state index in [4.69, 9.17) is 27.9 Å². The van der Waals surface area contributed by atoms with E-state index in [0.29, 0.717) is 35.4 Å². The first kappa shape index (κ1) is 20.1. The average molecular weight is 386 g/mol. The van der Waals surface area contributed by atoms with Crippen molar-refractivity contribution in [3.05, 3.63) is 33.3 Å². The van der Waals surface area contributed by atoms with E-state index in [2.05, 4.69) is 12.2 Å². The topological polar surface area (TPSA) is 55.4 Å². The number of hydrogen-bond donors (Lipinski definition) is 1. The third-order valence-corrected chi connectivity index (χ3v) is 5.62. The normalized spacial score (nSPS) is 23.2. The van der Waals surface area contributed by atoms with Crippen LogP contribution >= 0.6 is 23.2 Å². The van der Waals surface area contributed by atoms with E-state index >= 15 is 0 Å². The lowest BCUT2D eigenvalue weighted by Crippen LogP contribution is -2.57. The molecule has 0 saturated heterocycles. The van der Waals surface area contributed by atoms with Crippen molar-refractivity contribution in [3.8, 4) is 0 Å². The van der Waals surface area contributed by atoms with E-state index in [9.17, 15) is 9.59 Å². The summed E-state index contributed by atoms with van der Waals surface area (Å²) in [5, 5.41) is 3.84. The number of halogens is 2. The van der Waals surface area contributed by atoms with Crippen LogP contribution in [0.15, 0.2) is 12.1 Å². The van der Waals surface area contributed by atoms with E-state index in [1.54, 1.807) is 19.1 Å². The van der Waals surface area contributed by atoms with Gasteiger partial charge in [0.2, 0.25) is 5.91 Å². The van der Waals surface area contributed by atoms with Crippen molar-refractivity contribution >= 4 is 35.1 Å². The number of amides is 1. The van der Waals surface area contributed by atoms with Gasteiger partial charge in [-0.3, -0.25) is 4.79 Å². The van der Waals surface area contributed by atoms with Crippen LogP contribution in [0.5, 0.6) is 0 Å². The number of aryl methyl sites for hydroxylation is 1. The zero-order valence-electron chi connectivity index (χ0n) is 15.0. The van der Waals surface area contributed by atoms with E-state index in [1.807, 2.05) is 6.92 Å². The lowest BCUT2D eigenvalue weighted by Gasteiger charge is -2.37. The largest absolute Gasteiger partial charge is 0.464 e. The van der Waals surface area contributed by atoms with E-state index in [-0.39, 0.29) is 18.3 Å². The van der Waals surface area contributed by atoms with E-state index in [1.165, 1.54) is 0 Å². The Morgan fingerprint density at radius 3 is 2.44 bits per heavy atom. The molecule has 0 radical (unpaired) electrons. The summed E-state index contributed by atoms with van der Waals surface area (Å²) < 4.78 is 5.24. The minimum absolute atomic E-state index is 0.152. The van der Waals surface area contributed by atoms with Crippen molar-refractivity contribution in [1.82, 2.24) is 5.32 Å². The predicted molar refractivity (Wildman–Crippen MR) is 100 cm³/mol. The molecule has 1 fully saturated rings. The fraction of sp³-hybridized carbons (Fsp3) is 0.579. The number of carbonyl (C=O) groups is 2. The van der Waals surface area contributed by atoms with Gasteiger partial charge in [0.05, 0.1) is 23.1 Å². The summed E-state index contributed by atoms with van der Waals surface area (Å²) in [6, 6.07) is 3.45. The highest BCUT2D eigenvalue weighted by atomic mass is 35.5. The number of carbonyl (C=O) groups excluding carboxylic acids is 2. The fourth-order valence-electron chi connectivity index (χ4n) is 3.27. The zero-order valence-corrected chi connectivity index (χ0v) is 16.5. The van der Waals surface area contributed by atoms with Crippen molar-refractivity contribution in [2.24, 2.45) is 5.92 Å². The molecule has 4 nitrogen and oxygen atoms in total. The van der Waals surface area contributed by atoms with Crippen LogP contribution in [0.25, 0.3) is 0 Å². The first-order valence-electron chi connectivity index (χ1n) is 8.70. The standard InChI is InChI=1S/C19H25Cl2NO3/c1-4-25-18(24)19(7-5-12(2)6-8-19)22-17(23)11-14-10-16(21)15(20)9-13(14)3/h9-10,12H,4-8,11H2,1-3H3,(H,22,23). The summed E-state index contributed by atoms with van der Waals surface area (Å²) in [5.41, 5.74) is 0.783. The molecule has 1 aromatic carbocycles. The molecule has 0 heterocycles. The third-order valence-electron chi connectivity index (χ3n) is 4.90. The van der Waals surface area contributed by atoms with Gasteiger partial charge in [-0.2, -0.15) is 0 Å². The van der Waals surface area contributed by atoms with Crippen molar-refractivity contribution < 1.29 is 14.3 Å². The maximum atomic E-state index is 12.6. The summed E-state index contributed by atoms with van der Waals surface area (Å²) in [7, 11) is 0. The Morgan fingerprint density at radius 2 is 1.84 bits per heavy atom. The summed E-state index contributed by atoms with van der Waals surface area (Å²) in [6.07, 6.45) is 3.16. The lowest BCUT2D eigenvalue weighted by molar-refractivity contribution is -0.155. The SMILES string of the molecule is CCOC(=O)C1(NC(=O)Cc2cc(Cl)c(Cl)cc2C)CCC(C)CC1. The molecule has 138 valence electrons. The summed E-state index contributed by atoms with van der Waals surface area (Å²) in [5.74, 6) is 0.0157. The molecule has 0 unspecified atom stereocenters. The smallest absolute Gasteiger partial charge is 0.331 e. The molecule has 1 amide bonds. The van der Waals surface area contributed by atoms with Gasteiger partial charge < -0.3 is 10.1 Å². The molecule has 6 heteroatoms. The van der Waals surface area contributed by atoms with Crippen LogP contribution in [0.4, 0.5) is 0 Å². The molecule has 0 aromatic heterocycles. The molecule has 1 N–H and O–H groups in total. The fourth-order valence-corrected chi connectivity index (χ4v) is 3.67. The monoisotopic (exact) mass is 385 g/mol. The Bertz CT molecular complexity index is 652. The van der Waals surface area contributed by atoms with Crippen molar-refractivity contribution in [2.45, 2.75) is 58.4 Å². The predicted octanol–water partition coefficient (Wildman–Crippen LogP) is 4.47. The Morgan fingerprint density at radius 1 is 1.24 bits per heavy atom. The highest BCUT2D eigenvalue weighted by Crippen LogP contribution is 2.33. The van der Waals surface area contributed by atoms with Gasteiger partial charge in [0.15, 0.2) is 0 Å². The second-order valence-corrected chi connectivity index (χ2v) is 7.72. The molecular weight excluding hydrogens is 361 g/mol. The number of hydrogen-bond acceptors (Lipinski definition) is 3. The van der Waals surface area contributed by atoms with Crippen LogP contribution in [0.3, 0.4) is 0 Å². The second kappa shape index (κ2) is 8.41. The Kier molecular flexibility index (Phi) is 6.75. The first-order valence-corrected chi connectivity index (χ1v) is 9.45. The number of rotatable bonds is 5. The number of benzene rings is 1. The van der Waals surface area contributed by atoms with Gasteiger partial charge in [-0.25, -0.2) is 4.79 Å². The van der Waals surface area contributed by atoms with Crippen LogP contribution in [-0.4, -0.2) is 24.0 Å². The highest BCUT2D eigenvalue weighted by Gasteiger charge is 2.43. The lowest BCUT2D eigenvalue weighted by atomic mass is 9.77. The Balaban J connectivity index is 2.14. The van der Waals surface area contributed by atoms with Crippen LogP contribution in [-0.2, 0) is 20.7 Å². The maximum Gasteiger partial charge on any atom is 0.331 e. The van der Waals surface area contributed by atoms with Gasteiger partial charge in [0.1, 0.15) is 5.54 Å². The summed E-state index contributed by atoms with van der Waals surface area (Å²) in [4.78, 5) is 25.1. The van der Waals surface area contributed by atoms with Gasteiger partial charge in [0, 0.05) is 0 Å². The summed E-state index contributed by atoms with van der Waals surface area (Å²) >= 11 is 12.1. The highest BCUT2D eigenvalue weighted by molar-refractivity contribution is 6.42. The molecule has 1 aliphatic rings. The van der Waals surface area contributed by atoms with Gasteiger partial charge in [-0.1, -0.05) is 30.1 Å². The molecule has 0 bridgehead atoms. The van der Waals surface area contributed by atoms with Gasteiger partial charge in [-0.15, -0.1) is 0 Å². The number of esters is 1. The van der Waals surface area contributed by atoms with E-state index < -0.39 is 5.54 Å². The zero-order chi connectivity index (χ0) is 18.6. The second-order valence-electron chi connectivity index (χ2n) is 6.90. The van der Waals surface area contributed by atoms with Gasteiger partial charge in [-0.05, 0) is 68.7 Å². The molecule has 0 atom stereocenters. The summed E-state index contributed by atoms with van der Waals surface area (Å²) in [6.45, 7) is 6.13. The van der Waals surface area contributed by atoms with Crippen LogP contribution in [0, 0.1) is 12.8 Å². The number of ether oxygens (including phenoxy) is 1. The molecular formula is C19H25Cl2NO3. The van der Waals surface area contributed by atoms with Gasteiger partial charge >= 0.3 is 5.97 Å². The molecule has 0 spiro atoms. The van der Waals surface area contributed by atoms with Crippen molar-refractivity contribution in [1.29, 1.82) is 0 Å². The maximum absolute atomic E-state index is 12.6. The van der Waals surface area contributed by atoms with Crippen LogP contribution in [0.2, 0.25) is 10.0 Å². The quantitative estimate of drug-likeness (QED) is 0.760. The van der Waals surface area contributed by atoms with E-state index in [0.717, 1.165) is 24.0 Å². The minimum Gasteiger partial charge on any atom is -0.464 e. The average Bonchev–Trinajstić information content (AvgIpc) is 2.55. The molecule has 1 aliphatic carbocycles. The molecule has 1 aromatic rings. The Labute approximate surface area is 159 Å². The Hall–Kier alpha value is -1.26. The number of nitrogens with one attached hydrogen (secondary N) is 1. The van der Waals surface area contributed by atoms with Gasteiger partial charge in [0.25, 0.3) is 0 Å².